The molecule has 0 aliphatic heterocycles. The fraction of sp³-hybridized carbons (Fsp3) is 0.533. The van der Waals surface area contributed by atoms with E-state index < -0.39 is 6.04 Å². The third-order valence-corrected chi connectivity index (χ3v) is 3.24. The fourth-order valence-corrected chi connectivity index (χ4v) is 1.62. The van der Waals surface area contributed by atoms with Crippen LogP contribution in [0.4, 0.5) is 5.69 Å². The minimum atomic E-state index is -0.488. The van der Waals surface area contributed by atoms with E-state index in [0.29, 0.717) is 18.9 Å². The Balaban J connectivity index is 0.00000400. The number of nitrogens with one attached hydrogen (secondary N) is 1. The molecule has 1 rings (SSSR count). The molecule has 0 fully saturated rings. The molecule has 2 atom stereocenters. The number of halogens is 1. The number of hydrogen-bond acceptors (Lipinski definition) is 4. The Morgan fingerprint density at radius 2 is 1.90 bits per heavy atom. The summed E-state index contributed by atoms with van der Waals surface area (Å²) >= 11 is 0. The molecule has 0 bridgehead atoms. The maximum atomic E-state index is 11.9. The van der Waals surface area contributed by atoms with E-state index in [1.807, 2.05) is 13.8 Å². The first kappa shape index (κ1) is 19.7. The minimum absolute atomic E-state index is 0. The van der Waals surface area contributed by atoms with Crippen molar-refractivity contribution in [1.82, 2.24) is 0 Å². The first-order valence-electron chi connectivity index (χ1n) is 6.86. The average molecular weight is 317 g/mol. The Kier molecular flexibility index (Phi) is 9.78. The van der Waals surface area contributed by atoms with E-state index in [9.17, 15) is 4.79 Å². The quantitative estimate of drug-likeness (QED) is 0.722. The predicted molar refractivity (Wildman–Crippen MR) is 87.1 cm³/mol. The van der Waals surface area contributed by atoms with Crippen LogP contribution in [0.2, 0.25) is 0 Å². The van der Waals surface area contributed by atoms with Crippen molar-refractivity contribution in [2.75, 3.05) is 25.6 Å². The predicted octanol–water partition coefficient (Wildman–Crippen LogP) is 2.45. The molecular formula is C15H25ClN2O3. The van der Waals surface area contributed by atoms with E-state index in [1.165, 1.54) is 0 Å². The number of carbonyl (C=O) groups excluding carboxylic acids is 1. The SMILES string of the molecule is CCC(C)C(N)C(=O)Nc1ccc(OCCOC)cc1.Cl. The van der Waals surface area contributed by atoms with Gasteiger partial charge in [-0.05, 0) is 30.2 Å². The van der Waals surface area contributed by atoms with Gasteiger partial charge in [-0.2, -0.15) is 0 Å². The van der Waals surface area contributed by atoms with Crippen molar-refractivity contribution in [2.24, 2.45) is 11.7 Å². The van der Waals surface area contributed by atoms with E-state index in [0.717, 1.165) is 12.2 Å². The number of ether oxygens (including phenoxy) is 2. The van der Waals surface area contributed by atoms with Gasteiger partial charge < -0.3 is 20.5 Å². The molecule has 3 N–H and O–H groups in total. The highest BCUT2D eigenvalue weighted by molar-refractivity contribution is 5.94. The van der Waals surface area contributed by atoms with Gasteiger partial charge in [0.15, 0.2) is 0 Å². The van der Waals surface area contributed by atoms with Crippen LogP contribution in [-0.2, 0) is 9.53 Å². The van der Waals surface area contributed by atoms with E-state index in [2.05, 4.69) is 5.32 Å². The van der Waals surface area contributed by atoms with E-state index >= 15 is 0 Å². The van der Waals surface area contributed by atoms with Crippen LogP contribution in [0.25, 0.3) is 0 Å². The van der Waals surface area contributed by atoms with E-state index in [1.54, 1.807) is 31.4 Å². The largest absolute Gasteiger partial charge is 0.491 e. The van der Waals surface area contributed by atoms with Crippen LogP contribution in [0.15, 0.2) is 24.3 Å². The number of methoxy groups -OCH3 is 1. The van der Waals surface area contributed by atoms with Crippen LogP contribution in [0.5, 0.6) is 5.75 Å². The second kappa shape index (κ2) is 10.4. The molecule has 0 aliphatic carbocycles. The summed E-state index contributed by atoms with van der Waals surface area (Å²) in [6.45, 7) is 5.03. The standard InChI is InChI=1S/C15H24N2O3.ClH/c1-4-11(2)14(16)15(18)17-12-5-7-13(8-6-12)20-10-9-19-3;/h5-8,11,14H,4,9-10,16H2,1-3H3,(H,17,18);1H. The molecule has 1 amide bonds. The molecule has 5 nitrogen and oxygen atoms in total. The Bertz CT molecular complexity index is 412. The average Bonchev–Trinajstić information content (AvgIpc) is 2.47. The number of nitrogens with two attached hydrogens (primary N) is 1. The number of benzene rings is 1. The summed E-state index contributed by atoms with van der Waals surface area (Å²) in [5.74, 6) is 0.741. The molecule has 0 saturated carbocycles. The molecular weight excluding hydrogens is 292 g/mol. The summed E-state index contributed by atoms with van der Waals surface area (Å²) < 4.78 is 10.4. The number of rotatable bonds is 8. The summed E-state index contributed by atoms with van der Waals surface area (Å²) in [7, 11) is 1.63. The Morgan fingerprint density at radius 3 is 2.43 bits per heavy atom. The Hall–Kier alpha value is -1.30. The van der Waals surface area contributed by atoms with Crippen molar-refractivity contribution in [3.05, 3.63) is 24.3 Å². The van der Waals surface area contributed by atoms with Gasteiger partial charge in [0, 0.05) is 12.8 Å². The van der Waals surface area contributed by atoms with Crippen molar-refractivity contribution < 1.29 is 14.3 Å². The second-order valence-electron chi connectivity index (χ2n) is 4.77. The van der Waals surface area contributed by atoms with Gasteiger partial charge in [0.05, 0.1) is 12.6 Å². The van der Waals surface area contributed by atoms with Crippen LogP contribution in [0.1, 0.15) is 20.3 Å². The zero-order chi connectivity index (χ0) is 15.0. The fourth-order valence-electron chi connectivity index (χ4n) is 1.62. The van der Waals surface area contributed by atoms with Gasteiger partial charge in [0.1, 0.15) is 12.4 Å². The highest BCUT2D eigenvalue weighted by Crippen LogP contribution is 2.16. The summed E-state index contributed by atoms with van der Waals surface area (Å²) in [4.78, 5) is 11.9. The number of anilines is 1. The van der Waals surface area contributed by atoms with Crippen molar-refractivity contribution >= 4 is 24.0 Å². The third-order valence-electron chi connectivity index (χ3n) is 3.24. The van der Waals surface area contributed by atoms with Gasteiger partial charge in [-0.15, -0.1) is 12.4 Å². The van der Waals surface area contributed by atoms with Crippen molar-refractivity contribution in [2.45, 2.75) is 26.3 Å². The molecule has 1 aromatic carbocycles. The third kappa shape index (κ3) is 6.80. The maximum absolute atomic E-state index is 11.9. The van der Waals surface area contributed by atoms with Gasteiger partial charge in [-0.3, -0.25) is 4.79 Å². The molecule has 0 saturated heterocycles. The molecule has 6 heteroatoms. The summed E-state index contributed by atoms with van der Waals surface area (Å²) in [5, 5.41) is 2.81. The lowest BCUT2D eigenvalue weighted by molar-refractivity contribution is -0.118. The first-order valence-corrected chi connectivity index (χ1v) is 6.86. The zero-order valence-electron chi connectivity index (χ0n) is 12.8. The van der Waals surface area contributed by atoms with Crippen molar-refractivity contribution in [3.8, 4) is 5.75 Å². The summed E-state index contributed by atoms with van der Waals surface area (Å²) in [5.41, 5.74) is 6.59. The lowest BCUT2D eigenvalue weighted by atomic mass is 9.99. The van der Waals surface area contributed by atoms with Gasteiger partial charge in [-0.1, -0.05) is 20.3 Å². The highest BCUT2D eigenvalue weighted by atomic mass is 35.5. The highest BCUT2D eigenvalue weighted by Gasteiger charge is 2.19. The first-order chi connectivity index (χ1) is 9.58. The topological polar surface area (TPSA) is 73.6 Å². The van der Waals surface area contributed by atoms with Gasteiger partial charge in [0.25, 0.3) is 0 Å². The minimum Gasteiger partial charge on any atom is -0.491 e. The van der Waals surface area contributed by atoms with Crippen LogP contribution in [0.3, 0.4) is 0 Å². The number of hydrogen-bond donors (Lipinski definition) is 2. The normalized spacial score (nSPS) is 13.0. The van der Waals surface area contributed by atoms with Gasteiger partial charge >= 0.3 is 0 Å². The van der Waals surface area contributed by atoms with Crippen LogP contribution < -0.4 is 15.8 Å². The number of carbonyl (C=O) groups is 1. The van der Waals surface area contributed by atoms with Crippen molar-refractivity contribution in [3.63, 3.8) is 0 Å². The maximum Gasteiger partial charge on any atom is 0.241 e. The molecule has 0 aliphatic rings. The monoisotopic (exact) mass is 316 g/mol. The van der Waals surface area contributed by atoms with Crippen LogP contribution >= 0.6 is 12.4 Å². The Labute approximate surface area is 132 Å². The Morgan fingerprint density at radius 1 is 1.29 bits per heavy atom. The molecule has 2 unspecified atom stereocenters. The molecule has 0 aromatic heterocycles. The molecule has 21 heavy (non-hydrogen) atoms. The summed E-state index contributed by atoms with van der Waals surface area (Å²) in [6, 6.07) is 6.71. The molecule has 1 aromatic rings. The number of amides is 1. The molecule has 0 radical (unpaired) electrons. The molecule has 0 heterocycles. The van der Waals surface area contributed by atoms with E-state index in [4.69, 9.17) is 15.2 Å². The van der Waals surface area contributed by atoms with Gasteiger partial charge in [-0.25, -0.2) is 0 Å². The smallest absolute Gasteiger partial charge is 0.241 e. The van der Waals surface area contributed by atoms with Gasteiger partial charge in [0.2, 0.25) is 5.91 Å². The zero-order valence-corrected chi connectivity index (χ0v) is 13.6. The molecule has 120 valence electrons. The van der Waals surface area contributed by atoms with Crippen LogP contribution in [0, 0.1) is 5.92 Å². The van der Waals surface area contributed by atoms with Crippen molar-refractivity contribution in [1.29, 1.82) is 0 Å². The van der Waals surface area contributed by atoms with Crippen LogP contribution in [-0.4, -0.2) is 32.3 Å². The lowest BCUT2D eigenvalue weighted by Crippen LogP contribution is -2.40. The lowest BCUT2D eigenvalue weighted by Gasteiger charge is -2.17. The second-order valence-corrected chi connectivity index (χ2v) is 4.77. The summed E-state index contributed by atoms with van der Waals surface area (Å²) in [6.07, 6.45) is 0.876. The van der Waals surface area contributed by atoms with E-state index in [-0.39, 0.29) is 24.2 Å². The molecule has 0 spiro atoms.